The smallest absolute Gasteiger partial charge is 0.259 e. The monoisotopic (exact) mass is 388 g/mol. The predicted octanol–water partition coefficient (Wildman–Crippen LogP) is 4.52. The quantitative estimate of drug-likeness (QED) is 0.837. The summed E-state index contributed by atoms with van der Waals surface area (Å²) in [5, 5.41) is 5.34. The van der Waals surface area contributed by atoms with Gasteiger partial charge in [0.2, 0.25) is 5.91 Å². The first kappa shape index (κ1) is 17.5. The summed E-state index contributed by atoms with van der Waals surface area (Å²) in [6.45, 7) is 2.30. The Kier molecular flexibility index (Phi) is 3.66. The van der Waals surface area contributed by atoms with E-state index in [0.717, 1.165) is 34.2 Å². The minimum Gasteiger partial charge on any atom is -0.352 e. The largest absolute Gasteiger partial charge is 0.352 e. The Morgan fingerprint density at radius 1 is 1.07 bits per heavy atom. The fraction of sp³-hybridized carbons (Fsp3) is 0.520. The number of nitrogens with one attached hydrogen (secondary N) is 1. The van der Waals surface area contributed by atoms with Crippen LogP contribution in [0.2, 0.25) is 0 Å². The van der Waals surface area contributed by atoms with E-state index in [1.165, 1.54) is 38.5 Å². The Labute approximate surface area is 171 Å². The van der Waals surface area contributed by atoms with Gasteiger partial charge in [0.15, 0.2) is 0 Å². The number of benzene rings is 2. The van der Waals surface area contributed by atoms with Crippen LogP contribution in [0.4, 0.5) is 5.69 Å². The molecular formula is C25H28N2O2. The third-order valence-corrected chi connectivity index (χ3v) is 8.33. The van der Waals surface area contributed by atoms with Gasteiger partial charge in [0.05, 0.1) is 5.69 Å². The SMILES string of the molecule is CC(NC(=O)CN1C(=O)c2cccc3cccc1c23)C12CC3CC(CC(C3)C1)C2. The zero-order valence-electron chi connectivity index (χ0n) is 17.0. The maximum Gasteiger partial charge on any atom is 0.259 e. The summed E-state index contributed by atoms with van der Waals surface area (Å²) in [4.78, 5) is 27.6. The van der Waals surface area contributed by atoms with Crippen LogP contribution < -0.4 is 10.2 Å². The van der Waals surface area contributed by atoms with E-state index < -0.39 is 0 Å². The van der Waals surface area contributed by atoms with E-state index in [1.807, 2.05) is 36.4 Å². The molecule has 2 aromatic rings. The van der Waals surface area contributed by atoms with Crippen LogP contribution in [0.3, 0.4) is 0 Å². The van der Waals surface area contributed by atoms with E-state index in [1.54, 1.807) is 4.90 Å². The highest BCUT2D eigenvalue weighted by molar-refractivity contribution is 6.26. The first-order valence-electron chi connectivity index (χ1n) is 11.2. The lowest BCUT2D eigenvalue weighted by Gasteiger charge is -2.59. The number of carbonyl (C=O) groups is 2. The van der Waals surface area contributed by atoms with Crippen molar-refractivity contribution in [2.24, 2.45) is 23.2 Å². The van der Waals surface area contributed by atoms with Gasteiger partial charge in [-0.1, -0.05) is 24.3 Å². The average molecular weight is 389 g/mol. The fourth-order valence-electron chi connectivity index (χ4n) is 7.43. The molecule has 0 spiro atoms. The third-order valence-electron chi connectivity index (χ3n) is 8.33. The van der Waals surface area contributed by atoms with Crippen LogP contribution in [-0.4, -0.2) is 24.4 Å². The van der Waals surface area contributed by atoms with Gasteiger partial charge in [-0.05, 0) is 86.1 Å². The van der Waals surface area contributed by atoms with Crippen LogP contribution in [0.15, 0.2) is 36.4 Å². The molecule has 4 heteroatoms. The number of rotatable bonds is 4. The average Bonchev–Trinajstić information content (AvgIpc) is 2.95. The molecule has 5 aliphatic rings. The van der Waals surface area contributed by atoms with Gasteiger partial charge >= 0.3 is 0 Å². The fourth-order valence-corrected chi connectivity index (χ4v) is 7.43. The van der Waals surface area contributed by atoms with Crippen LogP contribution in [0.1, 0.15) is 55.8 Å². The van der Waals surface area contributed by atoms with Crippen molar-refractivity contribution in [3.63, 3.8) is 0 Å². The molecule has 1 atom stereocenters. The lowest BCUT2D eigenvalue weighted by atomic mass is 9.48. The Morgan fingerprint density at radius 3 is 2.34 bits per heavy atom. The number of carbonyl (C=O) groups excluding carboxylic acids is 2. The van der Waals surface area contributed by atoms with Crippen LogP contribution in [0.5, 0.6) is 0 Å². The Bertz CT molecular complexity index is 986. The summed E-state index contributed by atoms with van der Waals surface area (Å²) in [5.41, 5.74) is 1.85. The van der Waals surface area contributed by atoms with Crippen molar-refractivity contribution in [2.75, 3.05) is 11.4 Å². The number of hydrogen-bond acceptors (Lipinski definition) is 2. The summed E-state index contributed by atoms with van der Waals surface area (Å²) in [5.74, 6) is 2.51. The molecule has 2 aromatic carbocycles. The third kappa shape index (κ3) is 2.57. The van der Waals surface area contributed by atoms with Crippen molar-refractivity contribution in [1.82, 2.24) is 5.32 Å². The van der Waals surface area contributed by atoms with Gasteiger partial charge in [-0.2, -0.15) is 0 Å². The van der Waals surface area contributed by atoms with E-state index in [2.05, 4.69) is 12.2 Å². The molecule has 7 rings (SSSR count). The molecule has 1 heterocycles. The lowest BCUT2D eigenvalue weighted by Crippen LogP contribution is -2.56. The van der Waals surface area contributed by atoms with Gasteiger partial charge in [0.1, 0.15) is 6.54 Å². The summed E-state index contributed by atoms with van der Waals surface area (Å²) < 4.78 is 0. The molecule has 4 nitrogen and oxygen atoms in total. The molecule has 0 saturated heterocycles. The maximum absolute atomic E-state index is 13.0. The topological polar surface area (TPSA) is 49.4 Å². The molecule has 29 heavy (non-hydrogen) atoms. The minimum atomic E-state index is -0.0607. The van der Waals surface area contributed by atoms with Crippen LogP contribution in [0.25, 0.3) is 10.8 Å². The first-order valence-corrected chi connectivity index (χ1v) is 11.2. The van der Waals surface area contributed by atoms with Crippen molar-refractivity contribution in [3.8, 4) is 0 Å². The molecule has 2 amide bonds. The van der Waals surface area contributed by atoms with Crippen molar-refractivity contribution in [1.29, 1.82) is 0 Å². The molecule has 0 radical (unpaired) electrons. The number of amides is 2. The number of anilines is 1. The second-order valence-corrected chi connectivity index (χ2v) is 10.1. The van der Waals surface area contributed by atoms with Gasteiger partial charge in [0, 0.05) is 17.0 Å². The van der Waals surface area contributed by atoms with E-state index >= 15 is 0 Å². The van der Waals surface area contributed by atoms with Gasteiger partial charge in [-0.3, -0.25) is 14.5 Å². The van der Waals surface area contributed by atoms with Gasteiger partial charge in [-0.15, -0.1) is 0 Å². The highest BCUT2D eigenvalue weighted by Crippen LogP contribution is 2.61. The molecule has 0 aromatic heterocycles. The lowest BCUT2D eigenvalue weighted by molar-refractivity contribution is -0.124. The number of hydrogen-bond donors (Lipinski definition) is 1. The van der Waals surface area contributed by atoms with Gasteiger partial charge in [-0.25, -0.2) is 0 Å². The summed E-state index contributed by atoms with van der Waals surface area (Å²) in [7, 11) is 0. The maximum atomic E-state index is 13.0. The van der Waals surface area contributed by atoms with Gasteiger partial charge in [0.25, 0.3) is 5.91 Å². The molecule has 1 aliphatic heterocycles. The molecule has 4 fully saturated rings. The number of nitrogens with zero attached hydrogens (tertiary/aromatic N) is 1. The zero-order chi connectivity index (χ0) is 19.8. The second kappa shape index (κ2) is 6.07. The van der Waals surface area contributed by atoms with E-state index in [9.17, 15) is 9.59 Å². The van der Waals surface area contributed by atoms with Crippen LogP contribution in [0, 0.1) is 23.2 Å². The van der Waals surface area contributed by atoms with E-state index in [-0.39, 0.29) is 29.8 Å². The van der Waals surface area contributed by atoms with Crippen molar-refractivity contribution in [3.05, 3.63) is 42.0 Å². The summed E-state index contributed by atoms with van der Waals surface area (Å²) in [6.07, 6.45) is 8.04. The first-order chi connectivity index (χ1) is 14.0. The molecular weight excluding hydrogens is 360 g/mol. The summed E-state index contributed by atoms with van der Waals surface area (Å²) >= 11 is 0. The van der Waals surface area contributed by atoms with E-state index in [0.29, 0.717) is 5.56 Å². The molecule has 1 unspecified atom stereocenters. The highest BCUT2D eigenvalue weighted by atomic mass is 16.2. The standard InChI is InChI=1S/C25H28N2O2/c1-15(25-11-16-8-17(12-25)10-18(9-16)13-25)26-22(28)14-27-21-7-3-5-19-4-2-6-20(23(19)21)24(27)29/h2-7,15-18H,8-14H2,1H3,(H,26,28). The van der Waals surface area contributed by atoms with Crippen molar-refractivity contribution >= 4 is 28.3 Å². The van der Waals surface area contributed by atoms with Crippen molar-refractivity contribution < 1.29 is 9.59 Å². The van der Waals surface area contributed by atoms with Crippen LogP contribution in [-0.2, 0) is 4.79 Å². The van der Waals surface area contributed by atoms with Crippen LogP contribution >= 0.6 is 0 Å². The van der Waals surface area contributed by atoms with Gasteiger partial charge < -0.3 is 5.32 Å². The highest BCUT2D eigenvalue weighted by Gasteiger charge is 2.53. The normalized spacial score (nSPS) is 32.8. The Hall–Kier alpha value is -2.36. The molecule has 4 saturated carbocycles. The second-order valence-electron chi connectivity index (χ2n) is 10.1. The molecule has 4 aliphatic carbocycles. The van der Waals surface area contributed by atoms with E-state index in [4.69, 9.17) is 0 Å². The molecule has 1 N–H and O–H groups in total. The Balaban J connectivity index is 1.20. The zero-order valence-corrected chi connectivity index (χ0v) is 17.0. The molecule has 4 bridgehead atoms. The molecule has 150 valence electrons. The predicted molar refractivity (Wildman–Crippen MR) is 114 cm³/mol. The summed E-state index contributed by atoms with van der Waals surface area (Å²) in [6, 6.07) is 11.9. The minimum absolute atomic E-state index is 0.0357. The Morgan fingerprint density at radius 2 is 1.69 bits per heavy atom. The van der Waals surface area contributed by atoms with Crippen molar-refractivity contribution in [2.45, 2.75) is 51.5 Å².